The van der Waals surface area contributed by atoms with Crippen molar-refractivity contribution < 1.29 is 0 Å². The third kappa shape index (κ3) is 4.08. The van der Waals surface area contributed by atoms with Crippen molar-refractivity contribution in [1.82, 2.24) is 9.97 Å². The summed E-state index contributed by atoms with van der Waals surface area (Å²) in [5.41, 5.74) is 5.93. The first kappa shape index (κ1) is 16.1. The van der Waals surface area contributed by atoms with E-state index in [2.05, 4.69) is 44.5 Å². The van der Waals surface area contributed by atoms with E-state index in [4.69, 9.17) is 10.7 Å². The lowest BCUT2D eigenvalue weighted by Gasteiger charge is -2.25. The van der Waals surface area contributed by atoms with Crippen molar-refractivity contribution in [3.63, 3.8) is 0 Å². The van der Waals surface area contributed by atoms with E-state index in [1.807, 2.05) is 6.07 Å². The number of aromatic nitrogens is 2. The van der Waals surface area contributed by atoms with Gasteiger partial charge in [0.25, 0.3) is 0 Å². The minimum atomic E-state index is -0.0730. The van der Waals surface area contributed by atoms with Gasteiger partial charge in [-0.2, -0.15) is 0 Å². The molecule has 1 aliphatic heterocycles. The first-order chi connectivity index (χ1) is 9.77. The van der Waals surface area contributed by atoms with E-state index in [1.54, 1.807) is 0 Å². The van der Waals surface area contributed by atoms with Crippen molar-refractivity contribution in [2.24, 2.45) is 11.8 Å². The fraction of sp³-hybridized carbons (Fsp3) is 0.765. The maximum absolute atomic E-state index is 6.00. The summed E-state index contributed by atoms with van der Waals surface area (Å²) in [6.45, 7) is 13.2. The van der Waals surface area contributed by atoms with Gasteiger partial charge in [-0.05, 0) is 31.1 Å². The van der Waals surface area contributed by atoms with Crippen LogP contribution in [0, 0.1) is 11.8 Å². The number of nitrogens with two attached hydrogens (primary N) is 1. The molecule has 0 saturated carbocycles. The van der Waals surface area contributed by atoms with E-state index >= 15 is 0 Å². The number of hydrogen-bond acceptors (Lipinski definition) is 4. The summed E-state index contributed by atoms with van der Waals surface area (Å²) in [4.78, 5) is 11.6. The third-order valence-corrected chi connectivity index (χ3v) is 4.44. The molecule has 0 aromatic carbocycles. The average molecular weight is 290 g/mol. The van der Waals surface area contributed by atoms with Crippen molar-refractivity contribution in [3.8, 4) is 0 Å². The van der Waals surface area contributed by atoms with Crippen LogP contribution in [0.1, 0.15) is 59.7 Å². The van der Waals surface area contributed by atoms with Gasteiger partial charge in [-0.1, -0.05) is 34.6 Å². The Hall–Kier alpha value is -1.32. The summed E-state index contributed by atoms with van der Waals surface area (Å²) in [6, 6.07) is 1.92. The minimum Gasteiger partial charge on any atom is -0.384 e. The Bertz CT molecular complexity index is 476. The Morgan fingerprint density at radius 3 is 2.52 bits per heavy atom. The van der Waals surface area contributed by atoms with Crippen molar-refractivity contribution in [2.75, 3.05) is 23.7 Å². The highest BCUT2D eigenvalue weighted by Crippen LogP contribution is 2.28. The normalized spacial score (nSPS) is 20.7. The zero-order valence-electron chi connectivity index (χ0n) is 14.2. The van der Waals surface area contributed by atoms with Crippen LogP contribution in [0.15, 0.2) is 6.07 Å². The Kier molecular flexibility index (Phi) is 4.74. The van der Waals surface area contributed by atoms with Gasteiger partial charge >= 0.3 is 0 Å². The van der Waals surface area contributed by atoms with Gasteiger partial charge in [0.1, 0.15) is 17.5 Å². The lowest BCUT2D eigenvalue weighted by Crippen LogP contribution is -2.27. The van der Waals surface area contributed by atoms with Gasteiger partial charge in [-0.3, -0.25) is 0 Å². The molecule has 1 aromatic heterocycles. The number of nitrogens with zero attached hydrogens (tertiary/aromatic N) is 3. The predicted molar refractivity (Wildman–Crippen MR) is 89.5 cm³/mol. The van der Waals surface area contributed by atoms with E-state index in [0.29, 0.717) is 5.82 Å². The molecule has 2 rings (SSSR count). The largest absolute Gasteiger partial charge is 0.384 e. The molecule has 1 atom stereocenters. The van der Waals surface area contributed by atoms with E-state index < -0.39 is 0 Å². The molecule has 1 unspecified atom stereocenters. The smallest absolute Gasteiger partial charge is 0.138 e. The Morgan fingerprint density at radius 1 is 1.19 bits per heavy atom. The molecular formula is C17H30N4. The van der Waals surface area contributed by atoms with E-state index in [0.717, 1.165) is 36.6 Å². The molecule has 1 aliphatic rings. The second-order valence-electron chi connectivity index (χ2n) is 7.65. The maximum atomic E-state index is 6.00. The summed E-state index contributed by atoms with van der Waals surface area (Å²) in [5.74, 6) is 4.01. The molecule has 1 aromatic rings. The average Bonchev–Trinajstić information content (AvgIpc) is 2.62. The molecule has 118 valence electrons. The molecule has 1 saturated heterocycles. The second kappa shape index (κ2) is 6.20. The van der Waals surface area contributed by atoms with Gasteiger partial charge in [0.15, 0.2) is 0 Å². The van der Waals surface area contributed by atoms with Crippen LogP contribution in [0.25, 0.3) is 0 Å². The minimum absolute atomic E-state index is 0.0730. The van der Waals surface area contributed by atoms with E-state index in [1.165, 1.54) is 19.3 Å². The standard InChI is InChI=1S/C17H30N4/c1-12(2)13-7-6-9-21(10-8-13)15-11-14(18)19-16(20-15)17(3,4)5/h11-13H,6-10H2,1-5H3,(H2,18,19,20). The van der Waals surface area contributed by atoms with Crippen molar-refractivity contribution in [1.29, 1.82) is 0 Å². The Balaban J connectivity index is 2.20. The van der Waals surface area contributed by atoms with Crippen LogP contribution in [-0.2, 0) is 5.41 Å². The quantitative estimate of drug-likeness (QED) is 0.904. The molecule has 0 spiro atoms. The molecule has 21 heavy (non-hydrogen) atoms. The highest BCUT2D eigenvalue weighted by molar-refractivity contribution is 5.47. The predicted octanol–water partition coefficient (Wildman–Crippen LogP) is 3.62. The summed E-state index contributed by atoms with van der Waals surface area (Å²) < 4.78 is 0. The zero-order chi connectivity index (χ0) is 15.6. The molecule has 2 heterocycles. The van der Waals surface area contributed by atoms with E-state index in [-0.39, 0.29) is 5.41 Å². The summed E-state index contributed by atoms with van der Waals surface area (Å²) in [7, 11) is 0. The summed E-state index contributed by atoms with van der Waals surface area (Å²) in [6.07, 6.45) is 3.80. The summed E-state index contributed by atoms with van der Waals surface area (Å²) in [5, 5.41) is 0. The number of rotatable bonds is 2. The lowest BCUT2D eigenvalue weighted by molar-refractivity contribution is 0.351. The number of nitrogen functional groups attached to an aromatic ring is 1. The fourth-order valence-corrected chi connectivity index (χ4v) is 2.97. The van der Waals surface area contributed by atoms with Crippen LogP contribution < -0.4 is 10.6 Å². The van der Waals surface area contributed by atoms with Crippen molar-refractivity contribution >= 4 is 11.6 Å². The SMILES string of the molecule is CC(C)C1CCCN(c2cc(N)nc(C(C)(C)C)n2)CC1. The van der Waals surface area contributed by atoms with Crippen LogP contribution >= 0.6 is 0 Å². The van der Waals surface area contributed by atoms with Crippen molar-refractivity contribution in [2.45, 2.75) is 59.3 Å². The molecule has 4 nitrogen and oxygen atoms in total. The van der Waals surface area contributed by atoms with Crippen LogP contribution in [0.3, 0.4) is 0 Å². The monoisotopic (exact) mass is 290 g/mol. The molecule has 0 radical (unpaired) electrons. The van der Waals surface area contributed by atoms with Crippen LogP contribution in [0.2, 0.25) is 0 Å². The molecule has 2 N–H and O–H groups in total. The highest BCUT2D eigenvalue weighted by Gasteiger charge is 2.23. The fourth-order valence-electron chi connectivity index (χ4n) is 2.97. The van der Waals surface area contributed by atoms with Gasteiger partial charge in [0.2, 0.25) is 0 Å². The molecule has 0 aliphatic carbocycles. The number of hydrogen-bond donors (Lipinski definition) is 1. The molecule has 1 fully saturated rings. The molecule has 0 bridgehead atoms. The first-order valence-electron chi connectivity index (χ1n) is 8.17. The maximum Gasteiger partial charge on any atom is 0.138 e. The van der Waals surface area contributed by atoms with Crippen LogP contribution in [-0.4, -0.2) is 23.1 Å². The van der Waals surface area contributed by atoms with Gasteiger partial charge in [0.05, 0.1) is 0 Å². The second-order valence-corrected chi connectivity index (χ2v) is 7.65. The first-order valence-corrected chi connectivity index (χ1v) is 8.17. The number of anilines is 2. The molecule has 0 amide bonds. The van der Waals surface area contributed by atoms with Gasteiger partial charge in [-0.15, -0.1) is 0 Å². The Labute approximate surface area is 129 Å². The zero-order valence-corrected chi connectivity index (χ0v) is 14.2. The van der Waals surface area contributed by atoms with Crippen LogP contribution in [0.4, 0.5) is 11.6 Å². The Morgan fingerprint density at radius 2 is 1.90 bits per heavy atom. The van der Waals surface area contributed by atoms with Gasteiger partial charge in [0, 0.05) is 24.6 Å². The van der Waals surface area contributed by atoms with Crippen LogP contribution in [0.5, 0.6) is 0 Å². The topological polar surface area (TPSA) is 55.0 Å². The van der Waals surface area contributed by atoms with E-state index in [9.17, 15) is 0 Å². The molecular weight excluding hydrogens is 260 g/mol. The lowest BCUT2D eigenvalue weighted by atomic mass is 9.89. The third-order valence-electron chi connectivity index (χ3n) is 4.44. The van der Waals surface area contributed by atoms with Crippen molar-refractivity contribution in [3.05, 3.63) is 11.9 Å². The molecule has 4 heteroatoms. The van der Waals surface area contributed by atoms with Gasteiger partial charge in [-0.25, -0.2) is 9.97 Å². The van der Waals surface area contributed by atoms with Gasteiger partial charge < -0.3 is 10.6 Å². The summed E-state index contributed by atoms with van der Waals surface area (Å²) >= 11 is 0. The highest BCUT2D eigenvalue weighted by atomic mass is 15.2.